The summed E-state index contributed by atoms with van der Waals surface area (Å²) in [7, 11) is 0. The first kappa shape index (κ1) is 26.7. The Morgan fingerprint density at radius 1 is 0.953 bits per heavy atom. The van der Waals surface area contributed by atoms with Crippen molar-refractivity contribution >= 4 is 22.9 Å². The molecule has 0 aromatic carbocycles. The fourth-order valence-corrected chi connectivity index (χ4v) is 5.26. The minimum atomic E-state index is -0.698. The first-order valence-corrected chi connectivity index (χ1v) is 14.2. The van der Waals surface area contributed by atoms with Gasteiger partial charge in [-0.2, -0.15) is 4.39 Å². The Labute approximate surface area is 243 Å². The third-order valence-electron chi connectivity index (χ3n) is 7.78. The van der Waals surface area contributed by atoms with Crippen molar-refractivity contribution in [1.82, 2.24) is 33.6 Å². The van der Waals surface area contributed by atoms with Gasteiger partial charge in [-0.25, -0.2) is 19.7 Å². The first-order chi connectivity index (χ1) is 20.9. The number of nitrogens with zero attached hydrogens (tertiary/aromatic N) is 7. The van der Waals surface area contributed by atoms with E-state index in [9.17, 15) is 23.6 Å². The number of amides is 1. The van der Waals surface area contributed by atoms with Crippen LogP contribution in [0.25, 0.3) is 22.6 Å². The normalized spacial score (nSPS) is 14.7. The molecule has 0 atom stereocenters. The number of aryl methyl sites for hydroxylation is 1. The van der Waals surface area contributed by atoms with Gasteiger partial charge in [0, 0.05) is 55.4 Å². The molecule has 1 amide bonds. The van der Waals surface area contributed by atoms with E-state index < -0.39 is 11.9 Å². The average molecular weight is 583 g/mol. The van der Waals surface area contributed by atoms with Gasteiger partial charge in [0.2, 0.25) is 11.5 Å². The van der Waals surface area contributed by atoms with E-state index in [1.54, 1.807) is 39.6 Å². The van der Waals surface area contributed by atoms with E-state index in [0.29, 0.717) is 35.8 Å². The van der Waals surface area contributed by atoms with Crippen LogP contribution in [0.4, 0.5) is 10.2 Å². The van der Waals surface area contributed by atoms with E-state index in [2.05, 4.69) is 19.9 Å². The number of nitrogens with one attached hydrogen (secondary N) is 1. The van der Waals surface area contributed by atoms with Crippen molar-refractivity contribution in [3.8, 4) is 11.4 Å². The second-order valence-electron chi connectivity index (χ2n) is 10.9. The molecule has 0 aliphatic heterocycles. The molecule has 0 saturated heterocycles. The van der Waals surface area contributed by atoms with Gasteiger partial charge in [0.1, 0.15) is 17.2 Å². The Balaban J connectivity index is 1.21. The molecule has 43 heavy (non-hydrogen) atoms. The molecule has 5 aromatic rings. The van der Waals surface area contributed by atoms with Crippen LogP contribution in [0.5, 0.6) is 0 Å². The van der Waals surface area contributed by atoms with Gasteiger partial charge in [0.25, 0.3) is 11.5 Å². The van der Waals surface area contributed by atoms with Crippen LogP contribution in [0.1, 0.15) is 54.5 Å². The van der Waals surface area contributed by atoms with E-state index >= 15 is 0 Å². The number of fused-ring (bicyclic) bond motifs is 1. The minimum absolute atomic E-state index is 0.0320. The standard InChI is InChI=1S/C30H27FN8O4/c31-22-11-5-19(17-32-22)28(41)37(15-3-14-36-13-2-1-4-24(36)40)23-12-6-18(16-33-23)26-34-25-27(35-26)38(20-7-8-20)30(43)39(29(25)42)21-9-10-21/h1-2,4-6,11-13,16-17,20-21H,3,7-10,14-15H2,(H,34,35). The molecule has 12 nitrogen and oxygen atoms in total. The van der Waals surface area contributed by atoms with Gasteiger partial charge in [-0.3, -0.25) is 28.4 Å². The van der Waals surface area contributed by atoms with Crippen LogP contribution in [0.15, 0.2) is 75.4 Å². The van der Waals surface area contributed by atoms with Crippen molar-refractivity contribution in [2.24, 2.45) is 0 Å². The molecule has 7 rings (SSSR count). The summed E-state index contributed by atoms with van der Waals surface area (Å²) in [4.78, 5) is 69.4. The van der Waals surface area contributed by atoms with Crippen molar-refractivity contribution in [3.63, 3.8) is 0 Å². The van der Waals surface area contributed by atoms with Crippen molar-refractivity contribution in [2.75, 3.05) is 11.4 Å². The molecule has 0 bridgehead atoms. The predicted octanol–water partition coefficient (Wildman–Crippen LogP) is 3.05. The number of hydrogen-bond acceptors (Lipinski definition) is 7. The number of pyridine rings is 3. The smallest absolute Gasteiger partial charge is 0.332 e. The Hall–Kier alpha value is -5.20. The maximum absolute atomic E-state index is 13.5. The summed E-state index contributed by atoms with van der Waals surface area (Å²) in [5.74, 6) is -0.403. The van der Waals surface area contributed by atoms with Gasteiger partial charge in [0.05, 0.1) is 5.56 Å². The summed E-state index contributed by atoms with van der Waals surface area (Å²) >= 11 is 0. The van der Waals surface area contributed by atoms with Gasteiger partial charge in [0.15, 0.2) is 5.65 Å². The van der Waals surface area contributed by atoms with Gasteiger partial charge in [-0.15, -0.1) is 0 Å². The van der Waals surface area contributed by atoms with Crippen LogP contribution >= 0.6 is 0 Å². The summed E-state index contributed by atoms with van der Waals surface area (Å²) in [6.07, 6.45) is 8.18. The molecule has 0 unspecified atom stereocenters. The second kappa shape index (κ2) is 10.6. The highest BCUT2D eigenvalue weighted by Gasteiger charge is 2.34. The van der Waals surface area contributed by atoms with Crippen LogP contribution in [0, 0.1) is 5.95 Å². The zero-order valence-electron chi connectivity index (χ0n) is 23.0. The van der Waals surface area contributed by atoms with E-state index in [1.165, 1.54) is 34.0 Å². The van der Waals surface area contributed by atoms with Crippen LogP contribution in [0.2, 0.25) is 0 Å². The monoisotopic (exact) mass is 582 g/mol. The molecule has 2 fully saturated rings. The maximum Gasteiger partial charge on any atom is 0.333 e. The Kier molecular flexibility index (Phi) is 6.56. The number of rotatable bonds is 9. The lowest BCUT2D eigenvalue weighted by molar-refractivity contribution is 0.0985. The topological polar surface area (TPSA) is 141 Å². The molecule has 5 aromatic heterocycles. The Bertz CT molecular complexity index is 2020. The third kappa shape index (κ3) is 5.07. The lowest BCUT2D eigenvalue weighted by Crippen LogP contribution is -2.39. The first-order valence-electron chi connectivity index (χ1n) is 14.2. The lowest BCUT2D eigenvalue weighted by atomic mass is 10.2. The highest BCUT2D eigenvalue weighted by molar-refractivity contribution is 6.05. The molecule has 1 N–H and O–H groups in total. The van der Waals surface area contributed by atoms with E-state index in [4.69, 9.17) is 0 Å². The summed E-state index contributed by atoms with van der Waals surface area (Å²) in [5.41, 5.74) is 0.554. The highest BCUT2D eigenvalue weighted by atomic mass is 19.1. The molecular weight excluding hydrogens is 555 g/mol. The molecular formula is C30H27FN8O4. The fourth-order valence-electron chi connectivity index (χ4n) is 5.26. The molecule has 0 radical (unpaired) electrons. The second-order valence-corrected chi connectivity index (χ2v) is 10.9. The third-order valence-corrected chi connectivity index (χ3v) is 7.78. The number of carbonyl (C=O) groups excluding carboxylic acids is 1. The number of halogens is 1. The van der Waals surface area contributed by atoms with E-state index in [0.717, 1.165) is 31.7 Å². The minimum Gasteiger partial charge on any atom is -0.332 e. The van der Waals surface area contributed by atoms with Crippen molar-refractivity contribution in [1.29, 1.82) is 0 Å². The van der Waals surface area contributed by atoms with Gasteiger partial charge < -0.3 is 9.55 Å². The molecule has 2 aliphatic carbocycles. The van der Waals surface area contributed by atoms with Crippen LogP contribution < -0.4 is 21.7 Å². The molecule has 2 saturated carbocycles. The Morgan fingerprint density at radius 2 is 1.74 bits per heavy atom. The van der Waals surface area contributed by atoms with E-state index in [-0.39, 0.29) is 46.5 Å². The van der Waals surface area contributed by atoms with Gasteiger partial charge in [-0.1, -0.05) is 6.07 Å². The molecule has 13 heteroatoms. The lowest BCUT2D eigenvalue weighted by Gasteiger charge is -2.22. The van der Waals surface area contributed by atoms with Gasteiger partial charge >= 0.3 is 5.69 Å². The maximum atomic E-state index is 13.5. The number of carbonyl (C=O) groups is 1. The zero-order chi connectivity index (χ0) is 29.7. The van der Waals surface area contributed by atoms with Crippen LogP contribution in [-0.4, -0.2) is 46.1 Å². The largest absolute Gasteiger partial charge is 0.333 e. The molecule has 5 heterocycles. The number of aromatic amines is 1. The van der Waals surface area contributed by atoms with Gasteiger partial charge in [-0.05, 0) is 62.4 Å². The molecule has 218 valence electrons. The number of hydrogen-bond donors (Lipinski definition) is 1. The summed E-state index contributed by atoms with van der Waals surface area (Å²) in [5, 5.41) is 0. The Morgan fingerprint density at radius 3 is 2.42 bits per heavy atom. The average Bonchev–Trinajstić information content (AvgIpc) is 3.95. The highest BCUT2D eigenvalue weighted by Crippen LogP contribution is 2.37. The number of imidazole rings is 1. The number of anilines is 1. The number of H-pyrrole nitrogens is 1. The summed E-state index contributed by atoms with van der Waals surface area (Å²) in [6, 6.07) is 10.7. The van der Waals surface area contributed by atoms with E-state index in [1.807, 2.05) is 0 Å². The van der Waals surface area contributed by atoms with Crippen molar-refractivity contribution in [3.05, 3.63) is 104 Å². The van der Waals surface area contributed by atoms with Crippen molar-refractivity contribution in [2.45, 2.75) is 50.7 Å². The van der Waals surface area contributed by atoms with Crippen molar-refractivity contribution < 1.29 is 9.18 Å². The quantitative estimate of drug-likeness (QED) is 0.263. The summed E-state index contributed by atoms with van der Waals surface area (Å²) in [6.45, 7) is 0.603. The zero-order valence-corrected chi connectivity index (χ0v) is 23.0. The predicted molar refractivity (Wildman–Crippen MR) is 156 cm³/mol. The fraction of sp³-hybridized carbons (Fsp3) is 0.300. The van der Waals surface area contributed by atoms with Crippen LogP contribution in [-0.2, 0) is 6.54 Å². The SMILES string of the molecule is O=C(c1ccc(F)nc1)N(CCCn1ccccc1=O)c1ccc(-c2nc3c([nH]2)c(=O)n(C2CC2)c(=O)n3C2CC2)cn1. The molecule has 2 aliphatic rings. The van der Waals surface area contributed by atoms with Crippen LogP contribution in [0.3, 0.4) is 0 Å². The number of aromatic nitrogens is 7. The summed E-state index contributed by atoms with van der Waals surface area (Å²) < 4.78 is 18.0. The molecule has 0 spiro atoms.